The molecular weight excluding hydrogens is 128 g/mol. The number of allylic oxidation sites excluding steroid dienone is 3. The van der Waals surface area contributed by atoms with Crippen molar-refractivity contribution in [1.29, 1.82) is 0 Å². The van der Waals surface area contributed by atoms with Crippen LogP contribution in [-0.4, -0.2) is 4.86 Å². The summed E-state index contributed by atoms with van der Waals surface area (Å²) < 4.78 is 0. The van der Waals surface area contributed by atoms with Gasteiger partial charge in [-0.3, -0.25) is 0 Å². The van der Waals surface area contributed by atoms with Gasteiger partial charge < -0.3 is 0 Å². The van der Waals surface area contributed by atoms with E-state index in [0.29, 0.717) is 5.92 Å². The van der Waals surface area contributed by atoms with Gasteiger partial charge in [-0.05, 0) is 12.8 Å². The van der Waals surface area contributed by atoms with E-state index in [1.54, 1.807) is 0 Å². The van der Waals surface area contributed by atoms with Crippen LogP contribution < -0.4 is 0 Å². The third-order valence-corrected chi connectivity index (χ3v) is 2.03. The van der Waals surface area contributed by atoms with E-state index in [1.165, 1.54) is 0 Å². The highest BCUT2D eigenvalue weighted by Crippen LogP contribution is 2.19. The molecule has 0 fully saturated rings. The molecule has 1 atom stereocenters. The van der Waals surface area contributed by atoms with Gasteiger partial charge in [-0.15, -0.1) is 6.58 Å². The molecule has 0 spiro atoms. The van der Waals surface area contributed by atoms with Gasteiger partial charge in [0.15, 0.2) is 0 Å². The molecule has 0 bridgehead atoms. The van der Waals surface area contributed by atoms with Crippen LogP contribution in [0.3, 0.4) is 0 Å². The summed E-state index contributed by atoms with van der Waals surface area (Å²) in [4.78, 5) is 1.09. The highest BCUT2D eigenvalue weighted by atomic mass is 32.1. The van der Waals surface area contributed by atoms with Gasteiger partial charge in [0.25, 0.3) is 0 Å². The second-order valence-electron chi connectivity index (χ2n) is 2.26. The van der Waals surface area contributed by atoms with Gasteiger partial charge in [-0.1, -0.05) is 30.4 Å². The summed E-state index contributed by atoms with van der Waals surface area (Å²) in [6.07, 6.45) is 8.25. The van der Waals surface area contributed by atoms with E-state index in [9.17, 15) is 0 Å². The first kappa shape index (κ1) is 6.69. The number of hydrogen-bond donors (Lipinski definition) is 0. The molecule has 0 aromatic rings. The van der Waals surface area contributed by atoms with E-state index in [2.05, 4.69) is 12.7 Å². The summed E-state index contributed by atoms with van der Waals surface area (Å²) >= 11 is 5.07. The molecule has 0 nitrogen and oxygen atoms in total. The molecule has 0 aromatic carbocycles. The Labute approximate surface area is 61.3 Å². The second kappa shape index (κ2) is 2.92. The second-order valence-corrected chi connectivity index (χ2v) is 2.73. The van der Waals surface area contributed by atoms with E-state index in [1.807, 2.05) is 12.2 Å². The third-order valence-electron chi connectivity index (χ3n) is 1.56. The first-order chi connectivity index (χ1) is 4.34. The molecule has 1 aliphatic rings. The smallest absolute Gasteiger partial charge is 0.0186 e. The van der Waals surface area contributed by atoms with Gasteiger partial charge in [-0.2, -0.15) is 0 Å². The molecule has 0 aliphatic heterocycles. The van der Waals surface area contributed by atoms with Gasteiger partial charge in [0.1, 0.15) is 0 Å². The zero-order chi connectivity index (χ0) is 6.69. The Morgan fingerprint density at radius 2 is 2.67 bits per heavy atom. The molecule has 9 heavy (non-hydrogen) atoms. The quantitative estimate of drug-likeness (QED) is 0.417. The van der Waals surface area contributed by atoms with Crippen molar-refractivity contribution in [1.82, 2.24) is 0 Å². The fraction of sp³-hybridized carbons (Fsp3) is 0.375. The predicted molar refractivity (Wildman–Crippen MR) is 44.7 cm³/mol. The highest BCUT2D eigenvalue weighted by molar-refractivity contribution is 7.80. The minimum atomic E-state index is 0.581. The lowest BCUT2D eigenvalue weighted by atomic mass is 10.0. The van der Waals surface area contributed by atoms with E-state index < -0.39 is 0 Å². The fourth-order valence-corrected chi connectivity index (χ4v) is 1.30. The maximum absolute atomic E-state index is 5.07. The number of thiocarbonyl (C=S) groups is 1. The van der Waals surface area contributed by atoms with Crippen molar-refractivity contribution in [3.05, 3.63) is 24.8 Å². The molecule has 1 aliphatic carbocycles. The standard InChI is InChI=1S/C8H10S/c1-2-4-7-5-3-6-8(7)9/h2-3,6-7H,1,4-5H2. The summed E-state index contributed by atoms with van der Waals surface area (Å²) in [5.41, 5.74) is 0. The summed E-state index contributed by atoms with van der Waals surface area (Å²) in [7, 11) is 0. The first-order valence-corrected chi connectivity index (χ1v) is 3.56. The normalized spacial score (nSPS) is 24.9. The van der Waals surface area contributed by atoms with Crippen LogP contribution in [-0.2, 0) is 0 Å². The molecule has 1 heteroatoms. The van der Waals surface area contributed by atoms with Crippen LogP contribution in [0, 0.1) is 5.92 Å². The van der Waals surface area contributed by atoms with E-state index in [4.69, 9.17) is 12.2 Å². The van der Waals surface area contributed by atoms with Crippen molar-refractivity contribution in [3.63, 3.8) is 0 Å². The zero-order valence-corrected chi connectivity index (χ0v) is 6.16. The maximum Gasteiger partial charge on any atom is 0.0186 e. The van der Waals surface area contributed by atoms with E-state index in [-0.39, 0.29) is 0 Å². The lowest BCUT2D eigenvalue weighted by Gasteiger charge is -2.03. The lowest BCUT2D eigenvalue weighted by Crippen LogP contribution is -2.01. The summed E-state index contributed by atoms with van der Waals surface area (Å²) in [5, 5.41) is 0. The predicted octanol–water partition coefficient (Wildman–Crippen LogP) is 2.51. The van der Waals surface area contributed by atoms with Gasteiger partial charge in [-0.25, -0.2) is 0 Å². The van der Waals surface area contributed by atoms with Crippen molar-refractivity contribution >= 4 is 17.1 Å². The lowest BCUT2D eigenvalue weighted by molar-refractivity contribution is 0.747. The SMILES string of the molecule is C=CCC1CC=CC1=S. The van der Waals surface area contributed by atoms with Crippen molar-refractivity contribution in [2.75, 3.05) is 0 Å². The third kappa shape index (κ3) is 1.49. The maximum atomic E-state index is 5.07. The van der Waals surface area contributed by atoms with Gasteiger partial charge in [0, 0.05) is 10.8 Å². The van der Waals surface area contributed by atoms with Crippen LogP contribution in [0.25, 0.3) is 0 Å². The first-order valence-electron chi connectivity index (χ1n) is 3.16. The Kier molecular flexibility index (Phi) is 2.17. The molecule has 0 N–H and O–H groups in total. The minimum absolute atomic E-state index is 0.581. The molecular formula is C8H10S. The number of hydrogen-bond acceptors (Lipinski definition) is 1. The largest absolute Gasteiger partial charge is 0.103 e. The molecule has 0 amide bonds. The molecule has 0 saturated carbocycles. The Balaban J connectivity index is 2.45. The van der Waals surface area contributed by atoms with Crippen molar-refractivity contribution in [2.24, 2.45) is 5.92 Å². The summed E-state index contributed by atoms with van der Waals surface area (Å²) in [6, 6.07) is 0. The zero-order valence-electron chi connectivity index (χ0n) is 5.34. The average Bonchev–Trinajstić information content (AvgIpc) is 2.18. The van der Waals surface area contributed by atoms with Crippen LogP contribution >= 0.6 is 12.2 Å². The van der Waals surface area contributed by atoms with Gasteiger partial charge in [0.2, 0.25) is 0 Å². The molecule has 48 valence electrons. The Morgan fingerprint density at radius 1 is 1.89 bits per heavy atom. The molecule has 1 unspecified atom stereocenters. The Bertz CT molecular complexity index is 156. The monoisotopic (exact) mass is 138 g/mol. The molecule has 0 saturated heterocycles. The Morgan fingerprint density at radius 3 is 3.11 bits per heavy atom. The number of rotatable bonds is 2. The van der Waals surface area contributed by atoms with Crippen LogP contribution in [0.5, 0.6) is 0 Å². The van der Waals surface area contributed by atoms with Gasteiger partial charge >= 0.3 is 0 Å². The van der Waals surface area contributed by atoms with Crippen molar-refractivity contribution in [3.8, 4) is 0 Å². The van der Waals surface area contributed by atoms with Crippen LogP contribution in [0.4, 0.5) is 0 Å². The van der Waals surface area contributed by atoms with Gasteiger partial charge in [0.05, 0.1) is 0 Å². The molecule has 1 rings (SSSR count). The molecule has 0 radical (unpaired) electrons. The highest BCUT2D eigenvalue weighted by Gasteiger charge is 2.12. The van der Waals surface area contributed by atoms with E-state index in [0.717, 1.165) is 17.7 Å². The van der Waals surface area contributed by atoms with Crippen molar-refractivity contribution < 1.29 is 0 Å². The van der Waals surface area contributed by atoms with Crippen LogP contribution in [0.1, 0.15) is 12.8 Å². The summed E-state index contributed by atoms with van der Waals surface area (Å²) in [5.74, 6) is 0.581. The molecule has 0 heterocycles. The fourth-order valence-electron chi connectivity index (χ4n) is 1.01. The minimum Gasteiger partial charge on any atom is -0.103 e. The van der Waals surface area contributed by atoms with E-state index >= 15 is 0 Å². The average molecular weight is 138 g/mol. The Hall–Kier alpha value is -0.430. The topological polar surface area (TPSA) is 0 Å². The molecule has 0 aromatic heterocycles. The van der Waals surface area contributed by atoms with Crippen LogP contribution in [0.2, 0.25) is 0 Å². The van der Waals surface area contributed by atoms with Crippen LogP contribution in [0.15, 0.2) is 24.8 Å². The summed E-state index contributed by atoms with van der Waals surface area (Å²) in [6.45, 7) is 3.67. The van der Waals surface area contributed by atoms with Crippen molar-refractivity contribution in [2.45, 2.75) is 12.8 Å².